The second-order valence-corrected chi connectivity index (χ2v) is 11.3. The average molecular weight is 606 g/mol. The summed E-state index contributed by atoms with van der Waals surface area (Å²) in [6, 6.07) is 13.0. The number of hydrogen-bond acceptors (Lipinski definition) is 7. The van der Waals surface area contributed by atoms with Gasteiger partial charge in [0.15, 0.2) is 0 Å². The monoisotopic (exact) mass is 605 g/mol. The summed E-state index contributed by atoms with van der Waals surface area (Å²) in [5.41, 5.74) is 5.71. The molecule has 224 valence electrons. The number of carbonyl (C=O) groups is 1. The number of H-pyrrole nitrogens is 1. The van der Waals surface area contributed by atoms with E-state index in [0.29, 0.717) is 70.9 Å². The number of pyridine rings is 3. The number of hydrogen-bond donors (Lipinski definition) is 1. The third-order valence-corrected chi connectivity index (χ3v) is 8.57. The molecule has 1 amide bonds. The number of halogens is 2. The van der Waals surface area contributed by atoms with Crippen LogP contribution in [0.3, 0.4) is 0 Å². The van der Waals surface area contributed by atoms with Crippen LogP contribution in [-0.4, -0.2) is 47.1 Å². The predicted octanol–water partition coefficient (Wildman–Crippen LogP) is 5.24. The van der Waals surface area contributed by atoms with Gasteiger partial charge in [-0.3, -0.25) is 14.8 Å². The van der Waals surface area contributed by atoms with Gasteiger partial charge in [-0.15, -0.1) is 5.10 Å². The van der Waals surface area contributed by atoms with E-state index in [0.717, 1.165) is 23.8 Å². The van der Waals surface area contributed by atoms with Gasteiger partial charge in [-0.2, -0.15) is 0 Å². The molecule has 0 bridgehead atoms. The second kappa shape index (κ2) is 10.6. The van der Waals surface area contributed by atoms with Crippen LogP contribution >= 0.6 is 0 Å². The Bertz CT molecular complexity index is 2150. The molecule has 8 rings (SSSR count). The molecule has 1 N–H and O–H groups in total. The van der Waals surface area contributed by atoms with Crippen LogP contribution in [0.1, 0.15) is 51.9 Å². The van der Waals surface area contributed by atoms with E-state index in [-0.39, 0.29) is 23.7 Å². The molecule has 0 spiro atoms. The fourth-order valence-corrected chi connectivity index (χ4v) is 6.52. The molecule has 0 aliphatic carbocycles. The Kier molecular flexibility index (Phi) is 6.36. The number of nitrogens with one attached hydrogen (secondary N) is 1. The predicted molar refractivity (Wildman–Crippen MR) is 159 cm³/mol. The van der Waals surface area contributed by atoms with Crippen molar-refractivity contribution in [3.05, 3.63) is 118 Å². The first-order chi connectivity index (χ1) is 21.9. The molecule has 0 unspecified atom stereocenters. The van der Waals surface area contributed by atoms with Gasteiger partial charge in [0.1, 0.15) is 17.3 Å². The minimum atomic E-state index is -0.729. The fraction of sp³-hybridized carbons (Fsp3) is 0.212. The molecule has 2 aliphatic heterocycles. The summed E-state index contributed by atoms with van der Waals surface area (Å²) in [5, 5.41) is 7.32. The summed E-state index contributed by atoms with van der Waals surface area (Å²) < 4.78 is 34.4. The van der Waals surface area contributed by atoms with Crippen LogP contribution in [0.2, 0.25) is 0 Å². The Balaban J connectivity index is 1.30. The average Bonchev–Trinajstić information content (AvgIpc) is 3.84. The Morgan fingerprint density at radius 2 is 1.78 bits per heavy atom. The van der Waals surface area contributed by atoms with E-state index in [4.69, 9.17) is 14.4 Å². The van der Waals surface area contributed by atoms with Crippen molar-refractivity contribution in [3.63, 3.8) is 0 Å². The Hall–Kier alpha value is -5.52. The molecule has 10 nitrogen and oxygen atoms in total. The molecule has 2 aliphatic rings. The van der Waals surface area contributed by atoms with Crippen LogP contribution in [0, 0.1) is 11.6 Å². The fourth-order valence-electron chi connectivity index (χ4n) is 6.52. The van der Waals surface area contributed by atoms with E-state index in [1.54, 1.807) is 24.4 Å². The van der Waals surface area contributed by atoms with Gasteiger partial charge in [0.2, 0.25) is 0 Å². The van der Waals surface area contributed by atoms with Crippen molar-refractivity contribution in [2.24, 2.45) is 0 Å². The Labute approximate surface area is 254 Å². The highest BCUT2D eigenvalue weighted by atomic mass is 19.1. The molecule has 1 atom stereocenters. The molecule has 0 saturated carbocycles. The summed E-state index contributed by atoms with van der Waals surface area (Å²) in [6.45, 7) is 1.03. The van der Waals surface area contributed by atoms with Crippen LogP contribution in [0.4, 0.5) is 8.78 Å². The minimum absolute atomic E-state index is 0.0271. The number of carbonyl (C=O) groups excluding carboxylic acids is 1. The zero-order chi connectivity index (χ0) is 30.7. The van der Waals surface area contributed by atoms with Gasteiger partial charge in [-0.05, 0) is 67.6 Å². The maximum Gasteiger partial charge on any atom is 0.434 e. The zero-order valence-electron chi connectivity index (χ0n) is 23.8. The Morgan fingerprint density at radius 1 is 0.933 bits per heavy atom. The number of amides is 1. The molecule has 7 heterocycles. The van der Waals surface area contributed by atoms with Gasteiger partial charge in [-0.1, -0.05) is 12.1 Å². The normalized spacial score (nSPS) is 15.6. The largest absolute Gasteiger partial charge is 0.434 e. The topological polar surface area (TPSA) is 123 Å². The van der Waals surface area contributed by atoms with E-state index in [2.05, 4.69) is 15.2 Å². The molecular weight excluding hydrogens is 580 g/mol. The van der Waals surface area contributed by atoms with Crippen molar-refractivity contribution in [3.8, 4) is 22.6 Å². The highest BCUT2D eigenvalue weighted by molar-refractivity contribution is 6.08. The van der Waals surface area contributed by atoms with E-state index in [9.17, 15) is 18.4 Å². The number of aromatic nitrogens is 6. The van der Waals surface area contributed by atoms with Gasteiger partial charge in [-0.25, -0.2) is 23.7 Å². The Morgan fingerprint density at radius 3 is 2.56 bits per heavy atom. The lowest BCUT2D eigenvalue weighted by molar-refractivity contribution is 0.0776. The first kappa shape index (κ1) is 27.1. The maximum atomic E-state index is 14.0. The van der Waals surface area contributed by atoms with Crippen molar-refractivity contribution < 1.29 is 18.0 Å². The molecule has 5 aromatic heterocycles. The molecule has 1 saturated heterocycles. The smallest absolute Gasteiger partial charge is 0.388 e. The van der Waals surface area contributed by atoms with Crippen molar-refractivity contribution in [2.45, 2.75) is 38.3 Å². The molecule has 1 aromatic carbocycles. The molecule has 0 radical (unpaired) electrons. The number of nitrogens with zero attached hydrogens (tertiary/aromatic N) is 6. The maximum absolute atomic E-state index is 14.0. The molecular formula is C33H25F2N7O3. The zero-order valence-corrected chi connectivity index (χ0v) is 23.8. The summed E-state index contributed by atoms with van der Waals surface area (Å²) in [6.07, 6.45) is 7.41. The van der Waals surface area contributed by atoms with E-state index in [1.807, 2.05) is 27.8 Å². The molecule has 45 heavy (non-hydrogen) atoms. The lowest BCUT2D eigenvalue weighted by Crippen LogP contribution is -2.23. The van der Waals surface area contributed by atoms with Crippen molar-refractivity contribution in [1.29, 1.82) is 0 Å². The summed E-state index contributed by atoms with van der Waals surface area (Å²) in [4.78, 5) is 42.0. The van der Waals surface area contributed by atoms with E-state index >= 15 is 0 Å². The number of aromatic amines is 1. The van der Waals surface area contributed by atoms with Crippen LogP contribution in [0.5, 0.6) is 0 Å². The van der Waals surface area contributed by atoms with E-state index < -0.39 is 11.6 Å². The quantitative estimate of drug-likeness (QED) is 0.264. The van der Waals surface area contributed by atoms with Crippen molar-refractivity contribution in [2.75, 3.05) is 6.54 Å². The lowest BCUT2D eigenvalue weighted by Gasteiger charge is -2.17. The third kappa shape index (κ3) is 4.69. The standard InChI is InChI=1S/C33H25F2N7O3/c34-21-6-3-18(4-7-21)5-10-24-27(31-39-40-33(44)45-31)26(28-29(38-24)25-2-1-12-42(25)32(28)43)20-14-19-11-13-41(30(19)37-15-20)17-23-9-8-22(35)16-36-23/h3-4,6-9,11,13-16,25H,1-2,5,10,12,17H2,(H,40,44)/t25-/m0/s1. The van der Waals surface area contributed by atoms with Crippen LogP contribution < -0.4 is 5.76 Å². The summed E-state index contributed by atoms with van der Waals surface area (Å²) in [7, 11) is 0. The van der Waals surface area contributed by atoms with Gasteiger partial charge in [0.05, 0.1) is 47.0 Å². The molecule has 6 aromatic rings. The number of rotatable bonds is 7. The van der Waals surface area contributed by atoms with Gasteiger partial charge in [0, 0.05) is 35.5 Å². The number of benzene rings is 1. The lowest BCUT2D eigenvalue weighted by atomic mass is 9.90. The van der Waals surface area contributed by atoms with Gasteiger partial charge >= 0.3 is 5.76 Å². The van der Waals surface area contributed by atoms with Crippen molar-refractivity contribution in [1.82, 2.24) is 34.6 Å². The first-order valence-corrected chi connectivity index (χ1v) is 14.7. The van der Waals surface area contributed by atoms with Crippen molar-refractivity contribution >= 4 is 16.9 Å². The van der Waals surface area contributed by atoms with Crippen LogP contribution in [0.25, 0.3) is 33.6 Å². The summed E-state index contributed by atoms with van der Waals surface area (Å²) in [5.74, 6) is -1.55. The molecule has 12 heteroatoms. The number of fused-ring (bicyclic) bond motifs is 4. The minimum Gasteiger partial charge on any atom is -0.388 e. The van der Waals surface area contributed by atoms with Gasteiger partial charge < -0.3 is 13.9 Å². The highest BCUT2D eigenvalue weighted by Gasteiger charge is 2.44. The molecule has 1 fully saturated rings. The van der Waals surface area contributed by atoms with E-state index in [1.165, 1.54) is 24.4 Å². The van der Waals surface area contributed by atoms with Crippen LogP contribution in [0.15, 0.2) is 76.3 Å². The van der Waals surface area contributed by atoms with Gasteiger partial charge in [0.25, 0.3) is 11.8 Å². The third-order valence-electron chi connectivity index (χ3n) is 8.57. The highest BCUT2D eigenvalue weighted by Crippen LogP contribution is 2.47. The second-order valence-electron chi connectivity index (χ2n) is 11.3. The van der Waals surface area contributed by atoms with Crippen LogP contribution in [-0.2, 0) is 19.4 Å². The first-order valence-electron chi connectivity index (χ1n) is 14.7. The number of aryl methyl sites for hydroxylation is 2. The summed E-state index contributed by atoms with van der Waals surface area (Å²) >= 11 is 0. The SMILES string of the molecule is O=C1c2c(nc(CCc3ccc(F)cc3)c(-c3n[nH]c(=O)o3)c2-c2cnc3c(ccn3Cc3ccc(F)cn3)c2)[C@@H]2CCCN12.